The highest BCUT2D eigenvalue weighted by molar-refractivity contribution is 4.88. The van der Waals surface area contributed by atoms with E-state index in [0.29, 0.717) is 11.5 Å². The molecule has 20 heavy (non-hydrogen) atoms. The summed E-state index contributed by atoms with van der Waals surface area (Å²) < 4.78 is 0. The van der Waals surface area contributed by atoms with Gasteiger partial charge in [0.25, 0.3) is 0 Å². The van der Waals surface area contributed by atoms with Crippen molar-refractivity contribution < 1.29 is 0 Å². The van der Waals surface area contributed by atoms with Crippen LogP contribution < -0.4 is 5.73 Å². The largest absolute Gasteiger partial charge is 0.328 e. The number of hydrogen-bond acceptors (Lipinski definition) is 2. The lowest BCUT2D eigenvalue weighted by Gasteiger charge is -2.44. The average molecular weight is 280 g/mol. The van der Waals surface area contributed by atoms with Crippen molar-refractivity contribution in [3.05, 3.63) is 0 Å². The van der Waals surface area contributed by atoms with E-state index in [1.165, 1.54) is 71.0 Å². The Kier molecular flexibility index (Phi) is 5.53. The first-order valence-corrected chi connectivity index (χ1v) is 8.87. The summed E-state index contributed by atoms with van der Waals surface area (Å²) in [5.41, 5.74) is 7.39. The number of nitrogens with zero attached hydrogens (tertiary/aromatic N) is 1. The number of hydrogen-bond donors (Lipinski definition) is 1. The SMILES string of the molecule is CC(C)(C)CC(N)CCN1CCC2(CCCCC2)CC1. The fraction of sp³-hybridized carbons (Fsp3) is 1.00. The molecule has 1 unspecified atom stereocenters. The van der Waals surface area contributed by atoms with Crippen LogP contribution >= 0.6 is 0 Å². The van der Waals surface area contributed by atoms with Crippen LogP contribution in [0.2, 0.25) is 0 Å². The molecule has 1 heterocycles. The third-order valence-electron chi connectivity index (χ3n) is 5.52. The first kappa shape index (κ1) is 16.3. The highest BCUT2D eigenvalue weighted by Crippen LogP contribution is 2.44. The summed E-state index contributed by atoms with van der Waals surface area (Å²) in [6.45, 7) is 10.7. The molecule has 0 radical (unpaired) electrons. The fourth-order valence-electron chi connectivity index (χ4n) is 4.29. The maximum absolute atomic E-state index is 6.29. The third-order valence-corrected chi connectivity index (χ3v) is 5.52. The lowest BCUT2D eigenvalue weighted by Crippen LogP contribution is -2.42. The van der Waals surface area contributed by atoms with E-state index in [1.807, 2.05) is 0 Å². The molecule has 1 spiro atoms. The smallest absolute Gasteiger partial charge is 0.00559 e. The number of nitrogens with two attached hydrogens (primary N) is 1. The van der Waals surface area contributed by atoms with E-state index >= 15 is 0 Å². The second-order valence-electron chi connectivity index (χ2n) is 8.72. The van der Waals surface area contributed by atoms with Crippen LogP contribution in [-0.2, 0) is 0 Å². The van der Waals surface area contributed by atoms with E-state index in [0.717, 1.165) is 11.8 Å². The van der Waals surface area contributed by atoms with Crippen LogP contribution in [0.5, 0.6) is 0 Å². The van der Waals surface area contributed by atoms with E-state index in [9.17, 15) is 0 Å². The molecule has 0 amide bonds. The molecule has 1 aliphatic heterocycles. The Labute approximate surface area is 126 Å². The molecule has 1 aliphatic carbocycles. The number of rotatable bonds is 4. The highest BCUT2D eigenvalue weighted by Gasteiger charge is 2.35. The van der Waals surface area contributed by atoms with Crippen LogP contribution in [-0.4, -0.2) is 30.6 Å². The van der Waals surface area contributed by atoms with Crippen LogP contribution in [0, 0.1) is 10.8 Å². The molecule has 2 rings (SSSR count). The van der Waals surface area contributed by atoms with Crippen LogP contribution in [0.25, 0.3) is 0 Å². The molecule has 0 aromatic rings. The quantitative estimate of drug-likeness (QED) is 0.837. The van der Waals surface area contributed by atoms with Gasteiger partial charge < -0.3 is 10.6 Å². The topological polar surface area (TPSA) is 29.3 Å². The zero-order valence-electron chi connectivity index (χ0n) is 14.1. The van der Waals surface area contributed by atoms with Gasteiger partial charge in [-0.15, -0.1) is 0 Å². The predicted molar refractivity (Wildman–Crippen MR) is 87.9 cm³/mol. The summed E-state index contributed by atoms with van der Waals surface area (Å²) in [7, 11) is 0. The minimum absolute atomic E-state index is 0.369. The molecular weight excluding hydrogens is 244 g/mol. The molecule has 0 aromatic carbocycles. The summed E-state index contributed by atoms with van der Waals surface area (Å²) in [5.74, 6) is 0. The highest BCUT2D eigenvalue weighted by atomic mass is 15.1. The van der Waals surface area contributed by atoms with Crippen molar-refractivity contribution in [2.24, 2.45) is 16.6 Å². The van der Waals surface area contributed by atoms with Crippen molar-refractivity contribution in [1.29, 1.82) is 0 Å². The molecule has 1 saturated heterocycles. The fourth-order valence-corrected chi connectivity index (χ4v) is 4.29. The Balaban J connectivity index is 1.67. The summed E-state index contributed by atoms with van der Waals surface area (Å²) in [5, 5.41) is 0. The minimum atomic E-state index is 0.369. The summed E-state index contributed by atoms with van der Waals surface area (Å²) >= 11 is 0. The zero-order chi connectivity index (χ0) is 14.6. The zero-order valence-corrected chi connectivity index (χ0v) is 14.1. The van der Waals surface area contributed by atoms with Crippen molar-refractivity contribution >= 4 is 0 Å². The summed E-state index contributed by atoms with van der Waals surface area (Å²) in [4.78, 5) is 2.67. The van der Waals surface area contributed by atoms with Gasteiger partial charge in [-0.05, 0) is 69.0 Å². The minimum Gasteiger partial charge on any atom is -0.328 e. The molecule has 1 atom stereocenters. The van der Waals surface area contributed by atoms with E-state index in [4.69, 9.17) is 5.73 Å². The van der Waals surface area contributed by atoms with E-state index < -0.39 is 0 Å². The van der Waals surface area contributed by atoms with Crippen molar-refractivity contribution in [1.82, 2.24) is 4.90 Å². The standard InChI is InChI=1S/C18H36N2/c1-17(2,3)15-16(19)7-12-20-13-10-18(11-14-20)8-5-4-6-9-18/h16H,4-15,19H2,1-3H3. The van der Waals surface area contributed by atoms with Gasteiger partial charge in [0.05, 0.1) is 0 Å². The van der Waals surface area contributed by atoms with Crippen LogP contribution in [0.4, 0.5) is 0 Å². The maximum Gasteiger partial charge on any atom is 0.00559 e. The van der Waals surface area contributed by atoms with Crippen LogP contribution in [0.15, 0.2) is 0 Å². The first-order chi connectivity index (χ1) is 9.39. The molecule has 118 valence electrons. The van der Waals surface area contributed by atoms with Gasteiger partial charge in [-0.2, -0.15) is 0 Å². The van der Waals surface area contributed by atoms with E-state index in [1.54, 1.807) is 0 Å². The lowest BCUT2D eigenvalue weighted by molar-refractivity contribution is 0.0658. The van der Waals surface area contributed by atoms with Crippen molar-refractivity contribution in [2.75, 3.05) is 19.6 Å². The van der Waals surface area contributed by atoms with Gasteiger partial charge in [-0.3, -0.25) is 0 Å². The van der Waals surface area contributed by atoms with Gasteiger partial charge in [0.2, 0.25) is 0 Å². The predicted octanol–water partition coefficient (Wildman–Crippen LogP) is 4.19. The van der Waals surface area contributed by atoms with E-state index in [2.05, 4.69) is 25.7 Å². The molecule has 1 saturated carbocycles. The van der Waals surface area contributed by atoms with Crippen molar-refractivity contribution in [3.8, 4) is 0 Å². The lowest BCUT2D eigenvalue weighted by atomic mass is 9.68. The normalized spacial score (nSPS) is 25.8. The van der Waals surface area contributed by atoms with Gasteiger partial charge in [0, 0.05) is 6.04 Å². The first-order valence-electron chi connectivity index (χ1n) is 8.87. The van der Waals surface area contributed by atoms with Crippen molar-refractivity contribution in [2.45, 2.75) is 84.6 Å². The van der Waals surface area contributed by atoms with Gasteiger partial charge in [0.15, 0.2) is 0 Å². The molecule has 0 aromatic heterocycles. The molecule has 2 heteroatoms. The second-order valence-corrected chi connectivity index (χ2v) is 8.72. The average Bonchev–Trinajstić information content (AvgIpc) is 2.37. The summed E-state index contributed by atoms with van der Waals surface area (Å²) in [6.07, 6.45) is 12.7. The Bertz CT molecular complexity index is 276. The van der Waals surface area contributed by atoms with Gasteiger partial charge in [0.1, 0.15) is 0 Å². The van der Waals surface area contributed by atoms with Gasteiger partial charge in [-0.25, -0.2) is 0 Å². The van der Waals surface area contributed by atoms with Crippen molar-refractivity contribution in [3.63, 3.8) is 0 Å². The van der Waals surface area contributed by atoms with E-state index in [-0.39, 0.29) is 0 Å². The Morgan fingerprint density at radius 2 is 1.60 bits per heavy atom. The van der Waals surface area contributed by atoms with Crippen LogP contribution in [0.3, 0.4) is 0 Å². The number of likely N-dealkylation sites (tertiary alicyclic amines) is 1. The van der Waals surface area contributed by atoms with Gasteiger partial charge in [-0.1, -0.05) is 40.0 Å². The molecular formula is C18H36N2. The molecule has 2 fully saturated rings. The monoisotopic (exact) mass is 280 g/mol. The third kappa shape index (κ3) is 5.04. The van der Waals surface area contributed by atoms with Crippen LogP contribution in [0.1, 0.15) is 78.6 Å². The molecule has 0 bridgehead atoms. The molecule has 2 N–H and O–H groups in total. The second kappa shape index (κ2) is 6.79. The molecule has 2 nitrogen and oxygen atoms in total. The van der Waals surface area contributed by atoms with Gasteiger partial charge >= 0.3 is 0 Å². The maximum atomic E-state index is 6.29. The Morgan fingerprint density at radius 3 is 2.15 bits per heavy atom. The molecule has 2 aliphatic rings. The number of piperidine rings is 1. The Morgan fingerprint density at radius 1 is 1.00 bits per heavy atom. The summed E-state index contributed by atoms with van der Waals surface area (Å²) in [6, 6.07) is 0.376. The Hall–Kier alpha value is -0.0800.